The molecule has 0 aliphatic carbocycles. The van der Waals surface area contributed by atoms with Crippen LogP contribution in [0, 0.1) is 0 Å². The molecule has 0 bridgehead atoms. The zero-order chi connectivity index (χ0) is 12.3. The molecule has 1 heterocycles. The summed E-state index contributed by atoms with van der Waals surface area (Å²) in [6.45, 7) is -0.0587. The highest BCUT2D eigenvalue weighted by atomic mass is 16.7. The highest BCUT2D eigenvalue weighted by Gasteiger charge is 2.42. The summed E-state index contributed by atoms with van der Waals surface area (Å²) in [7, 11) is 0. The highest BCUT2D eigenvalue weighted by Crippen LogP contribution is 2.22. The summed E-state index contributed by atoms with van der Waals surface area (Å²) in [6.07, 6.45) is -3.93. The highest BCUT2D eigenvalue weighted by molar-refractivity contribution is 5.13. The molecule has 5 nitrogen and oxygen atoms in total. The van der Waals surface area contributed by atoms with Crippen molar-refractivity contribution < 1.29 is 24.8 Å². The normalized spacial score (nSPS) is 32.9. The van der Waals surface area contributed by atoms with Gasteiger partial charge in [-0.15, -0.1) is 0 Å². The molecule has 1 aromatic rings. The molecular weight excluding hydrogens is 224 g/mol. The molecule has 4 atom stereocenters. The van der Waals surface area contributed by atoms with Crippen molar-refractivity contribution in [3.8, 4) is 0 Å². The van der Waals surface area contributed by atoms with Crippen molar-refractivity contribution >= 4 is 0 Å². The molecule has 1 saturated heterocycles. The first-order valence-electron chi connectivity index (χ1n) is 5.50. The van der Waals surface area contributed by atoms with Gasteiger partial charge in [-0.2, -0.15) is 0 Å². The average Bonchev–Trinajstić information content (AvgIpc) is 2.65. The molecule has 3 N–H and O–H groups in total. The third kappa shape index (κ3) is 2.83. The lowest BCUT2D eigenvalue weighted by molar-refractivity contribution is -0.175. The Morgan fingerprint density at radius 3 is 2.41 bits per heavy atom. The second kappa shape index (κ2) is 5.57. The van der Waals surface area contributed by atoms with E-state index in [0.29, 0.717) is 0 Å². The van der Waals surface area contributed by atoms with E-state index in [0.717, 1.165) is 5.56 Å². The van der Waals surface area contributed by atoms with E-state index in [-0.39, 0.29) is 13.2 Å². The lowest BCUT2D eigenvalue weighted by Crippen LogP contribution is -2.34. The standard InChI is InChI=1S/C12H16O5/c13-6-9-10(14)11(15)12(17-9)16-7-8-4-2-1-3-5-8/h1-5,9-15H,6-7H2/t9-,10+,11+,12+/m1/s1. The first kappa shape index (κ1) is 12.5. The molecule has 0 saturated carbocycles. The molecule has 1 aliphatic heterocycles. The molecule has 1 fully saturated rings. The van der Waals surface area contributed by atoms with E-state index in [2.05, 4.69) is 0 Å². The minimum atomic E-state index is -1.13. The lowest BCUT2D eigenvalue weighted by Gasteiger charge is -2.15. The molecule has 0 spiro atoms. The molecule has 0 amide bonds. The second-order valence-electron chi connectivity index (χ2n) is 4.00. The van der Waals surface area contributed by atoms with Crippen molar-refractivity contribution in [2.45, 2.75) is 31.2 Å². The number of ether oxygens (including phenoxy) is 2. The maximum Gasteiger partial charge on any atom is 0.187 e. The Kier molecular flexibility index (Phi) is 4.09. The summed E-state index contributed by atoms with van der Waals surface area (Å²) < 4.78 is 10.5. The van der Waals surface area contributed by atoms with Crippen LogP contribution in [0.15, 0.2) is 30.3 Å². The SMILES string of the molecule is OC[C@H]1O[C@H](OCc2ccccc2)[C@@H](O)[C@H]1O. The topological polar surface area (TPSA) is 79.2 Å². The van der Waals surface area contributed by atoms with Crippen molar-refractivity contribution in [3.63, 3.8) is 0 Å². The van der Waals surface area contributed by atoms with Gasteiger partial charge in [-0.1, -0.05) is 30.3 Å². The Hall–Kier alpha value is -0.980. The summed E-state index contributed by atoms with van der Waals surface area (Å²) in [4.78, 5) is 0. The van der Waals surface area contributed by atoms with Crippen LogP contribution in [0.25, 0.3) is 0 Å². The maximum atomic E-state index is 9.63. The van der Waals surface area contributed by atoms with E-state index in [9.17, 15) is 10.2 Å². The molecule has 0 radical (unpaired) electrons. The number of benzene rings is 1. The predicted octanol–water partition coefficient (Wildman–Crippen LogP) is -0.358. The Labute approximate surface area is 99.2 Å². The molecule has 1 aromatic carbocycles. The van der Waals surface area contributed by atoms with Gasteiger partial charge < -0.3 is 24.8 Å². The quantitative estimate of drug-likeness (QED) is 0.670. The average molecular weight is 240 g/mol. The number of aliphatic hydroxyl groups is 3. The Morgan fingerprint density at radius 2 is 1.82 bits per heavy atom. The fourth-order valence-corrected chi connectivity index (χ4v) is 1.76. The Bertz CT molecular complexity index is 342. The van der Waals surface area contributed by atoms with E-state index >= 15 is 0 Å². The number of rotatable bonds is 4. The smallest absolute Gasteiger partial charge is 0.187 e. The van der Waals surface area contributed by atoms with Gasteiger partial charge in [0, 0.05) is 0 Å². The van der Waals surface area contributed by atoms with Crippen LogP contribution in [0.3, 0.4) is 0 Å². The Morgan fingerprint density at radius 1 is 1.12 bits per heavy atom. The fraction of sp³-hybridized carbons (Fsp3) is 0.500. The van der Waals surface area contributed by atoms with Crippen molar-refractivity contribution in [1.82, 2.24) is 0 Å². The van der Waals surface area contributed by atoms with Crippen molar-refractivity contribution in [2.24, 2.45) is 0 Å². The van der Waals surface area contributed by atoms with Gasteiger partial charge in [0.05, 0.1) is 13.2 Å². The van der Waals surface area contributed by atoms with Gasteiger partial charge in [0.1, 0.15) is 18.3 Å². The molecule has 1 aliphatic rings. The van der Waals surface area contributed by atoms with E-state index in [1.807, 2.05) is 30.3 Å². The zero-order valence-corrected chi connectivity index (χ0v) is 9.27. The summed E-state index contributed by atoms with van der Waals surface area (Å²) in [5.74, 6) is 0. The van der Waals surface area contributed by atoms with E-state index in [4.69, 9.17) is 14.6 Å². The summed E-state index contributed by atoms with van der Waals surface area (Å²) in [5, 5.41) is 28.0. The van der Waals surface area contributed by atoms with Crippen molar-refractivity contribution in [3.05, 3.63) is 35.9 Å². The molecule has 0 aromatic heterocycles. The Balaban J connectivity index is 1.88. The van der Waals surface area contributed by atoms with E-state index in [1.165, 1.54) is 0 Å². The lowest BCUT2D eigenvalue weighted by atomic mass is 10.1. The number of hydrogen-bond acceptors (Lipinski definition) is 5. The van der Waals surface area contributed by atoms with Crippen LogP contribution in [0.4, 0.5) is 0 Å². The van der Waals surface area contributed by atoms with Gasteiger partial charge >= 0.3 is 0 Å². The molecule has 2 rings (SSSR count). The van der Waals surface area contributed by atoms with Crippen molar-refractivity contribution in [2.75, 3.05) is 6.61 Å². The second-order valence-corrected chi connectivity index (χ2v) is 4.00. The van der Waals surface area contributed by atoms with E-state index in [1.54, 1.807) is 0 Å². The van der Waals surface area contributed by atoms with Gasteiger partial charge in [0.25, 0.3) is 0 Å². The van der Waals surface area contributed by atoms with Crippen molar-refractivity contribution in [1.29, 1.82) is 0 Å². The number of aliphatic hydroxyl groups excluding tert-OH is 3. The van der Waals surface area contributed by atoms with Crippen LogP contribution < -0.4 is 0 Å². The number of hydrogen-bond donors (Lipinski definition) is 3. The van der Waals surface area contributed by atoms with Gasteiger partial charge in [0.15, 0.2) is 6.29 Å². The molecule has 17 heavy (non-hydrogen) atoms. The van der Waals surface area contributed by atoms with Gasteiger partial charge in [-0.05, 0) is 5.56 Å². The summed E-state index contributed by atoms with van der Waals surface area (Å²) >= 11 is 0. The molecule has 5 heteroatoms. The first-order valence-corrected chi connectivity index (χ1v) is 5.50. The largest absolute Gasteiger partial charge is 0.394 e. The first-order chi connectivity index (χ1) is 8.22. The minimum Gasteiger partial charge on any atom is -0.394 e. The van der Waals surface area contributed by atoms with Crippen LogP contribution in [0.5, 0.6) is 0 Å². The third-order valence-corrected chi connectivity index (χ3v) is 2.76. The van der Waals surface area contributed by atoms with E-state index < -0.39 is 24.6 Å². The predicted molar refractivity (Wildman–Crippen MR) is 59.0 cm³/mol. The van der Waals surface area contributed by atoms with Crippen LogP contribution >= 0.6 is 0 Å². The van der Waals surface area contributed by atoms with Gasteiger partial charge in [-0.25, -0.2) is 0 Å². The van der Waals surface area contributed by atoms with Crippen LogP contribution in [0.2, 0.25) is 0 Å². The third-order valence-electron chi connectivity index (χ3n) is 2.76. The monoisotopic (exact) mass is 240 g/mol. The molecular formula is C12H16O5. The minimum absolute atomic E-state index is 0.285. The molecule has 94 valence electrons. The summed E-state index contributed by atoms with van der Waals surface area (Å²) in [6, 6.07) is 9.45. The van der Waals surface area contributed by atoms with Gasteiger partial charge in [-0.3, -0.25) is 0 Å². The fourth-order valence-electron chi connectivity index (χ4n) is 1.76. The maximum absolute atomic E-state index is 9.63. The van der Waals surface area contributed by atoms with Crippen LogP contribution in [-0.2, 0) is 16.1 Å². The summed E-state index contributed by atoms with van der Waals surface area (Å²) in [5.41, 5.74) is 0.949. The van der Waals surface area contributed by atoms with Crippen LogP contribution in [-0.4, -0.2) is 46.5 Å². The van der Waals surface area contributed by atoms with Gasteiger partial charge in [0.2, 0.25) is 0 Å². The zero-order valence-electron chi connectivity index (χ0n) is 9.27. The van der Waals surface area contributed by atoms with Crippen LogP contribution in [0.1, 0.15) is 5.56 Å². The molecule has 0 unspecified atom stereocenters.